The van der Waals surface area contributed by atoms with Crippen LogP contribution >= 0.6 is 11.6 Å². The van der Waals surface area contributed by atoms with E-state index in [9.17, 15) is 9.59 Å². The topological polar surface area (TPSA) is 92.7 Å². The van der Waals surface area contributed by atoms with Crippen molar-refractivity contribution in [1.82, 2.24) is 9.80 Å². The highest BCUT2D eigenvalue weighted by molar-refractivity contribution is 6.30. The molecule has 0 radical (unpaired) electrons. The molecule has 2 rings (SSSR count). The quantitative estimate of drug-likeness (QED) is 0.826. The third kappa shape index (κ3) is 4.26. The van der Waals surface area contributed by atoms with Gasteiger partial charge in [-0.2, -0.15) is 0 Å². The standard InChI is InChI=1S/C17H25ClN4O2/c1-11(2)14(19)17(24)22-9-7-21(8-10-22)15(16(20)23)12-3-5-13(18)6-4-12/h3-6,11,14-15H,7-10,19H2,1-2H3,(H2,20,23)/t14-,15?/m0/s1. The van der Waals surface area contributed by atoms with Gasteiger partial charge in [0.1, 0.15) is 6.04 Å². The molecule has 0 aliphatic carbocycles. The summed E-state index contributed by atoms with van der Waals surface area (Å²) in [7, 11) is 0. The molecule has 1 unspecified atom stereocenters. The van der Waals surface area contributed by atoms with E-state index in [2.05, 4.69) is 0 Å². The van der Waals surface area contributed by atoms with E-state index in [0.717, 1.165) is 5.56 Å². The second-order valence-corrected chi connectivity index (χ2v) is 6.92. The molecule has 24 heavy (non-hydrogen) atoms. The molecule has 2 amide bonds. The maximum Gasteiger partial charge on any atom is 0.239 e. The van der Waals surface area contributed by atoms with Crippen LogP contribution in [0.15, 0.2) is 24.3 Å². The fourth-order valence-corrected chi connectivity index (χ4v) is 3.02. The average molecular weight is 353 g/mol. The molecular weight excluding hydrogens is 328 g/mol. The van der Waals surface area contributed by atoms with Crippen molar-refractivity contribution in [3.8, 4) is 0 Å². The van der Waals surface area contributed by atoms with Gasteiger partial charge in [0.25, 0.3) is 0 Å². The zero-order chi connectivity index (χ0) is 17.9. The number of halogens is 1. The maximum absolute atomic E-state index is 12.3. The number of carbonyl (C=O) groups excluding carboxylic acids is 2. The summed E-state index contributed by atoms with van der Waals surface area (Å²) in [4.78, 5) is 28.0. The number of nitrogens with zero attached hydrogens (tertiary/aromatic N) is 2. The van der Waals surface area contributed by atoms with Crippen LogP contribution in [0.5, 0.6) is 0 Å². The Morgan fingerprint density at radius 2 is 1.62 bits per heavy atom. The third-order valence-corrected chi connectivity index (χ3v) is 4.70. The van der Waals surface area contributed by atoms with Gasteiger partial charge in [0, 0.05) is 31.2 Å². The van der Waals surface area contributed by atoms with Crippen molar-refractivity contribution in [3.05, 3.63) is 34.9 Å². The molecule has 0 bridgehead atoms. The molecule has 0 spiro atoms. The first-order valence-corrected chi connectivity index (χ1v) is 8.52. The number of benzene rings is 1. The molecule has 2 atom stereocenters. The van der Waals surface area contributed by atoms with E-state index < -0.39 is 18.0 Å². The number of carbonyl (C=O) groups is 2. The van der Waals surface area contributed by atoms with Gasteiger partial charge in [0.15, 0.2) is 0 Å². The number of piperazine rings is 1. The third-order valence-electron chi connectivity index (χ3n) is 4.45. The van der Waals surface area contributed by atoms with Crippen LogP contribution in [0.2, 0.25) is 5.02 Å². The summed E-state index contributed by atoms with van der Waals surface area (Å²) in [6.45, 7) is 6.10. The number of amides is 2. The molecule has 132 valence electrons. The van der Waals surface area contributed by atoms with Crippen LogP contribution in [0.25, 0.3) is 0 Å². The second-order valence-electron chi connectivity index (χ2n) is 6.49. The van der Waals surface area contributed by atoms with Crippen molar-refractivity contribution in [2.24, 2.45) is 17.4 Å². The lowest BCUT2D eigenvalue weighted by Crippen LogP contribution is -2.55. The van der Waals surface area contributed by atoms with Gasteiger partial charge in [-0.1, -0.05) is 37.6 Å². The first kappa shape index (κ1) is 18.7. The molecule has 1 saturated heterocycles. The molecule has 1 aliphatic heterocycles. The zero-order valence-corrected chi connectivity index (χ0v) is 14.9. The van der Waals surface area contributed by atoms with Gasteiger partial charge >= 0.3 is 0 Å². The molecular formula is C17H25ClN4O2. The van der Waals surface area contributed by atoms with E-state index in [1.54, 1.807) is 17.0 Å². The van der Waals surface area contributed by atoms with Crippen LogP contribution in [-0.2, 0) is 9.59 Å². The van der Waals surface area contributed by atoms with E-state index >= 15 is 0 Å². The molecule has 1 fully saturated rings. The van der Waals surface area contributed by atoms with Gasteiger partial charge in [-0.3, -0.25) is 14.5 Å². The smallest absolute Gasteiger partial charge is 0.239 e. The molecule has 1 aromatic rings. The number of nitrogens with two attached hydrogens (primary N) is 2. The van der Waals surface area contributed by atoms with Crippen LogP contribution in [-0.4, -0.2) is 53.8 Å². The number of hydrogen-bond donors (Lipinski definition) is 2. The highest BCUT2D eigenvalue weighted by Crippen LogP contribution is 2.24. The molecule has 1 aromatic carbocycles. The molecule has 0 aromatic heterocycles. The van der Waals surface area contributed by atoms with Crippen LogP contribution < -0.4 is 11.5 Å². The van der Waals surface area contributed by atoms with Gasteiger partial charge in [-0.25, -0.2) is 0 Å². The molecule has 0 saturated carbocycles. The summed E-state index contributed by atoms with van der Waals surface area (Å²) in [5.74, 6) is -0.342. The van der Waals surface area contributed by atoms with Crippen LogP contribution in [0.1, 0.15) is 25.5 Å². The van der Waals surface area contributed by atoms with Crippen molar-refractivity contribution < 1.29 is 9.59 Å². The van der Waals surface area contributed by atoms with E-state index in [-0.39, 0.29) is 11.8 Å². The Labute approximate surface area is 147 Å². The molecule has 6 nitrogen and oxygen atoms in total. The lowest BCUT2D eigenvalue weighted by Gasteiger charge is -2.39. The Kier molecular flexibility index (Phi) is 6.21. The van der Waals surface area contributed by atoms with Gasteiger partial charge in [-0.15, -0.1) is 0 Å². The predicted octanol–water partition coefficient (Wildman–Crippen LogP) is 0.994. The Morgan fingerprint density at radius 3 is 2.08 bits per heavy atom. The number of rotatable bonds is 5. The molecule has 7 heteroatoms. The Balaban J connectivity index is 2.04. The van der Waals surface area contributed by atoms with Crippen molar-refractivity contribution in [1.29, 1.82) is 0 Å². The van der Waals surface area contributed by atoms with E-state index in [0.29, 0.717) is 31.2 Å². The van der Waals surface area contributed by atoms with Gasteiger partial charge in [0.05, 0.1) is 6.04 Å². The second kappa shape index (κ2) is 7.96. The lowest BCUT2D eigenvalue weighted by molar-refractivity contribution is -0.136. The fraction of sp³-hybridized carbons (Fsp3) is 0.529. The minimum atomic E-state index is -0.515. The van der Waals surface area contributed by atoms with E-state index in [1.165, 1.54) is 0 Å². The minimum Gasteiger partial charge on any atom is -0.368 e. The highest BCUT2D eigenvalue weighted by atomic mass is 35.5. The molecule has 1 heterocycles. The normalized spacial score (nSPS) is 18.5. The van der Waals surface area contributed by atoms with Crippen LogP contribution in [0, 0.1) is 5.92 Å². The monoisotopic (exact) mass is 352 g/mol. The fourth-order valence-electron chi connectivity index (χ4n) is 2.90. The largest absolute Gasteiger partial charge is 0.368 e. The van der Waals surface area contributed by atoms with Gasteiger partial charge < -0.3 is 16.4 Å². The highest BCUT2D eigenvalue weighted by Gasteiger charge is 2.32. The van der Waals surface area contributed by atoms with Crippen LogP contribution in [0.3, 0.4) is 0 Å². The van der Waals surface area contributed by atoms with Gasteiger partial charge in [0.2, 0.25) is 11.8 Å². The summed E-state index contributed by atoms with van der Waals surface area (Å²) in [5.41, 5.74) is 12.4. The lowest BCUT2D eigenvalue weighted by atomic mass is 10.0. The first-order chi connectivity index (χ1) is 11.3. The van der Waals surface area contributed by atoms with Crippen LogP contribution in [0.4, 0.5) is 0 Å². The Hall–Kier alpha value is -1.63. The first-order valence-electron chi connectivity index (χ1n) is 8.14. The SMILES string of the molecule is CC(C)[C@H](N)C(=O)N1CCN(C(C(N)=O)c2ccc(Cl)cc2)CC1. The minimum absolute atomic E-state index is 0.0354. The molecule has 1 aliphatic rings. The van der Waals surface area contributed by atoms with Crippen molar-refractivity contribution in [3.63, 3.8) is 0 Å². The Morgan fingerprint density at radius 1 is 1.08 bits per heavy atom. The summed E-state index contributed by atoms with van der Waals surface area (Å²) < 4.78 is 0. The average Bonchev–Trinajstić information content (AvgIpc) is 2.55. The zero-order valence-electron chi connectivity index (χ0n) is 14.1. The van der Waals surface area contributed by atoms with E-state index in [4.69, 9.17) is 23.1 Å². The van der Waals surface area contributed by atoms with Crippen molar-refractivity contribution in [2.75, 3.05) is 26.2 Å². The number of hydrogen-bond acceptors (Lipinski definition) is 4. The van der Waals surface area contributed by atoms with Crippen molar-refractivity contribution in [2.45, 2.75) is 25.9 Å². The summed E-state index contributed by atoms with van der Waals surface area (Å²) in [6, 6.07) is 6.11. The van der Waals surface area contributed by atoms with E-state index in [1.807, 2.05) is 30.9 Å². The summed E-state index contributed by atoms with van der Waals surface area (Å²) >= 11 is 5.90. The predicted molar refractivity (Wildman–Crippen MR) is 94.4 cm³/mol. The Bertz CT molecular complexity index is 583. The summed E-state index contributed by atoms with van der Waals surface area (Å²) in [6.07, 6.45) is 0. The molecule has 4 N–H and O–H groups in total. The maximum atomic E-state index is 12.3. The number of primary amides is 1. The van der Waals surface area contributed by atoms with Gasteiger partial charge in [-0.05, 0) is 23.6 Å². The van der Waals surface area contributed by atoms with Crippen molar-refractivity contribution >= 4 is 23.4 Å². The summed E-state index contributed by atoms with van der Waals surface area (Å²) in [5, 5.41) is 0.611.